The Kier molecular flexibility index (Phi) is 1.02. The fraction of sp³-hybridized carbons (Fsp3) is 0.833. The van der Waals surface area contributed by atoms with Crippen molar-refractivity contribution in [2.75, 3.05) is 0 Å². The molecule has 0 saturated heterocycles. The zero-order valence-corrected chi connectivity index (χ0v) is 4.89. The molecule has 0 spiro atoms. The van der Waals surface area contributed by atoms with Crippen molar-refractivity contribution in [2.45, 2.75) is 25.4 Å². The summed E-state index contributed by atoms with van der Waals surface area (Å²) in [6, 6.07) is 1.86. The van der Waals surface area contributed by atoms with E-state index >= 15 is 0 Å². The van der Waals surface area contributed by atoms with E-state index in [1.165, 1.54) is 0 Å². The summed E-state index contributed by atoms with van der Waals surface area (Å²) in [6.07, 6.45) is 2.03. The molecule has 0 unspecified atom stereocenters. The second kappa shape index (κ2) is 1.46. The minimum atomic E-state index is -1.04. The van der Waals surface area contributed by atoms with Crippen molar-refractivity contribution >= 4 is 0 Å². The maximum absolute atomic E-state index is 9.10. The van der Waals surface area contributed by atoms with Gasteiger partial charge in [0.05, 0.1) is 6.07 Å². The van der Waals surface area contributed by atoms with Gasteiger partial charge in [0.1, 0.15) is 0 Å². The highest BCUT2D eigenvalue weighted by atomic mass is 16.3. The quantitative estimate of drug-likeness (QED) is 0.505. The van der Waals surface area contributed by atoms with Crippen molar-refractivity contribution in [1.29, 1.82) is 5.26 Å². The molecule has 0 bridgehead atoms. The molecule has 0 amide bonds. The number of hydrogen-bond acceptors (Lipinski definition) is 2. The molecule has 0 aromatic heterocycles. The van der Waals surface area contributed by atoms with Gasteiger partial charge in [-0.3, -0.25) is 0 Å². The lowest BCUT2D eigenvalue weighted by Crippen LogP contribution is -2.23. The lowest BCUT2D eigenvalue weighted by atomic mass is 10.0. The van der Waals surface area contributed by atoms with Crippen LogP contribution in [0.15, 0.2) is 0 Å². The summed E-state index contributed by atoms with van der Waals surface area (Å²) < 4.78 is 0. The van der Waals surface area contributed by atoms with E-state index in [1.807, 2.05) is 6.07 Å². The van der Waals surface area contributed by atoms with Gasteiger partial charge in [-0.1, -0.05) is 0 Å². The summed E-state index contributed by atoms with van der Waals surface area (Å²) in [5.41, 5.74) is -1.04. The molecule has 2 heteroatoms. The normalized spacial score (nSPS) is 26.1. The predicted octanol–water partition coefficient (Wildman–Crippen LogP) is 0.671. The molecule has 1 atom stereocenters. The molecular formula is C6H9NO. The molecule has 0 radical (unpaired) electrons. The molecular weight excluding hydrogens is 102 g/mol. The Morgan fingerprint density at radius 2 is 2.25 bits per heavy atom. The Bertz CT molecular complexity index is 130. The Hall–Kier alpha value is -0.550. The fourth-order valence-electron chi connectivity index (χ4n) is 0.737. The first-order chi connectivity index (χ1) is 3.67. The van der Waals surface area contributed by atoms with Gasteiger partial charge in [-0.15, -0.1) is 0 Å². The molecule has 44 valence electrons. The summed E-state index contributed by atoms with van der Waals surface area (Å²) in [6.45, 7) is 1.57. The molecule has 1 saturated carbocycles. The Morgan fingerprint density at radius 3 is 2.38 bits per heavy atom. The lowest BCUT2D eigenvalue weighted by molar-refractivity contribution is 0.0957. The summed E-state index contributed by atoms with van der Waals surface area (Å²) >= 11 is 0. The Balaban J connectivity index is 2.53. The van der Waals surface area contributed by atoms with Crippen molar-refractivity contribution in [1.82, 2.24) is 0 Å². The highest BCUT2D eigenvalue weighted by Crippen LogP contribution is 2.38. The van der Waals surface area contributed by atoms with E-state index in [9.17, 15) is 0 Å². The first-order valence-electron chi connectivity index (χ1n) is 2.80. The Morgan fingerprint density at radius 1 is 1.75 bits per heavy atom. The van der Waals surface area contributed by atoms with Gasteiger partial charge >= 0.3 is 0 Å². The van der Waals surface area contributed by atoms with Crippen molar-refractivity contribution in [2.24, 2.45) is 5.92 Å². The van der Waals surface area contributed by atoms with Gasteiger partial charge in [-0.05, 0) is 19.8 Å². The van der Waals surface area contributed by atoms with Gasteiger partial charge in [-0.25, -0.2) is 0 Å². The molecule has 0 aromatic rings. The van der Waals surface area contributed by atoms with E-state index in [4.69, 9.17) is 10.4 Å². The molecule has 8 heavy (non-hydrogen) atoms. The largest absolute Gasteiger partial charge is 0.375 e. The minimum absolute atomic E-state index is 0.257. The summed E-state index contributed by atoms with van der Waals surface area (Å²) in [4.78, 5) is 0. The van der Waals surface area contributed by atoms with E-state index in [1.54, 1.807) is 6.92 Å². The number of rotatable bonds is 1. The fourth-order valence-corrected chi connectivity index (χ4v) is 0.737. The number of nitriles is 1. The molecule has 2 nitrogen and oxygen atoms in total. The SMILES string of the molecule is C[C@@](O)(C#N)C1CC1. The summed E-state index contributed by atoms with van der Waals surface area (Å²) in [5.74, 6) is 0.257. The van der Waals surface area contributed by atoms with Crippen molar-refractivity contribution in [3.63, 3.8) is 0 Å². The van der Waals surface area contributed by atoms with Crippen LogP contribution in [-0.2, 0) is 0 Å². The predicted molar refractivity (Wildman–Crippen MR) is 29.0 cm³/mol. The van der Waals surface area contributed by atoms with Crippen LogP contribution in [0, 0.1) is 17.2 Å². The van der Waals surface area contributed by atoms with E-state index in [2.05, 4.69) is 0 Å². The maximum Gasteiger partial charge on any atom is 0.151 e. The molecule has 0 heterocycles. The molecule has 1 N–H and O–H groups in total. The van der Waals surface area contributed by atoms with E-state index in [-0.39, 0.29) is 5.92 Å². The third-order valence-corrected chi connectivity index (χ3v) is 1.60. The monoisotopic (exact) mass is 111 g/mol. The first-order valence-corrected chi connectivity index (χ1v) is 2.80. The number of aliphatic hydroxyl groups is 1. The molecule has 0 aliphatic heterocycles. The maximum atomic E-state index is 9.10. The first kappa shape index (κ1) is 5.58. The third-order valence-electron chi connectivity index (χ3n) is 1.60. The average molecular weight is 111 g/mol. The highest BCUT2D eigenvalue weighted by molar-refractivity contribution is 5.06. The van der Waals surface area contributed by atoms with E-state index < -0.39 is 5.60 Å². The van der Waals surface area contributed by atoms with Gasteiger partial charge in [0.2, 0.25) is 0 Å². The summed E-state index contributed by atoms with van der Waals surface area (Å²) in [5, 5.41) is 17.4. The Labute approximate surface area is 48.7 Å². The van der Waals surface area contributed by atoms with Crippen LogP contribution in [-0.4, -0.2) is 10.7 Å². The van der Waals surface area contributed by atoms with Crippen LogP contribution < -0.4 is 0 Å². The minimum Gasteiger partial charge on any atom is -0.375 e. The smallest absolute Gasteiger partial charge is 0.151 e. The van der Waals surface area contributed by atoms with Crippen molar-refractivity contribution < 1.29 is 5.11 Å². The molecule has 1 aliphatic carbocycles. The summed E-state index contributed by atoms with van der Waals surface area (Å²) in [7, 11) is 0. The lowest BCUT2D eigenvalue weighted by Gasteiger charge is -2.10. The van der Waals surface area contributed by atoms with Crippen LogP contribution in [0.25, 0.3) is 0 Å². The van der Waals surface area contributed by atoms with E-state index in [0.29, 0.717) is 0 Å². The zero-order valence-electron chi connectivity index (χ0n) is 4.89. The second-order valence-electron chi connectivity index (χ2n) is 2.53. The van der Waals surface area contributed by atoms with Crippen LogP contribution in [0.4, 0.5) is 0 Å². The average Bonchev–Trinajstić information content (AvgIpc) is 2.44. The van der Waals surface area contributed by atoms with Gasteiger partial charge in [0.15, 0.2) is 5.60 Å². The standard InChI is InChI=1S/C6H9NO/c1-6(8,4-7)5-2-3-5/h5,8H,2-3H2,1H3/t6-/m1/s1. The molecule has 1 aliphatic rings. The van der Waals surface area contributed by atoms with E-state index in [0.717, 1.165) is 12.8 Å². The van der Waals surface area contributed by atoms with Crippen LogP contribution in [0.3, 0.4) is 0 Å². The zero-order chi connectivity index (χ0) is 6.20. The number of nitrogens with zero attached hydrogens (tertiary/aromatic N) is 1. The van der Waals surface area contributed by atoms with Crippen molar-refractivity contribution in [3.05, 3.63) is 0 Å². The van der Waals surface area contributed by atoms with Gasteiger partial charge in [-0.2, -0.15) is 5.26 Å². The van der Waals surface area contributed by atoms with Crippen LogP contribution in [0.1, 0.15) is 19.8 Å². The van der Waals surface area contributed by atoms with Crippen LogP contribution in [0.5, 0.6) is 0 Å². The van der Waals surface area contributed by atoms with Crippen LogP contribution in [0.2, 0.25) is 0 Å². The highest BCUT2D eigenvalue weighted by Gasteiger charge is 2.39. The van der Waals surface area contributed by atoms with Gasteiger partial charge < -0.3 is 5.11 Å². The van der Waals surface area contributed by atoms with Crippen molar-refractivity contribution in [3.8, 4) is 6.07 Å². The second-order valence-corrected chi connectivity index (χ2v) is 2.53. The molecule has 1 rings (SSSR count). The van der Waals surface area contributed by atoms with Gasteiger partial charge in [0, 0.05) is 5.92 Å². The topological polar surface area (TPSA) is 44.0 Å². The molecule has 0 aromatic carbocycles. The van der Waals surface area contributed by atoms with Gasteiger partial charge in [0.25, 0.3) is 0 Å². The molecule has 1 fully saturated rings. The number of hydrogen-bond donors (Lipinski definition) is 1. The van der Waals surface area contributed by atoms with Crippen LogP contribution >= 0.6 is 0 Å². The third kappa shape index (κ3) is 0.823.